The highest BCUT2D eigenvalue weighted by Gasteiger charge is 2.38. The Hall–Kier alpha value is -1.57. The summed E-state index contributed by atoms with van der Waals surface area (Å²) in [6.45, 7) is 4.26. The lowest BCUT2D eigenvalue weighted by atomic mass is 10.1. The van der Waals surface area contributed by atoms with Crippen molar-refractivity contribution < 1.29 is 19.2 Å². The Bertz CT molecular complexity index is 496. The lowest BCUT2D eigenvalue weighted by Crippen LogP contribution is -2.32. The highest BCUT2D eigenvalue weighted by Crippen LogP contribution is 2.26. The molecule has 0 saturated carbocycles. The van der Waals surface area contributed by atoms with E-state index in [1.54, 1.807) is 7.05 Å². The number of carbonyl (C=O) groups excluding carboxylic acids is 4. The standard InChI is InChI=1S/C17H29N3O4S/c1-12(2)19-15(22)7-5-4-6-9-20-16(23)11-13(17(20)24)25-10-8-14(21)18-3/h12-13H,4-11H2,1-3H3,(H,18,21)(H,19,22). The molecule has 1 unspecified atom stereocenters. The summed E-state index contributed by atoms with van der Waals surface area (Å²) >= 11 is 1.37. The molecule has 8 heteroatoms. The third-order valence-electron chi connectivity index (χ3n) is 3.86. The van der Waals surface area contributed by atoms with Crippen LogP contribution in [0.2, 0.25) is 0 Å². The first-order valence-corrected chi connectivity index (χ1v) is 9.85. The maximum absolute atomic E-state index is 12.3. The molecular formula is C17H29N3O4S. The highest BCUT2D eigenvalue weighted by atomic mass is 32.2. The first-order valence-electron chi connectivity index (χ1n) is 8.81. The third kappa shape index (κ3) is 7.90. The Morgan fingerprint density at radius 1 is 1.16 bits per heavy atom. The molecule has 1 aliphatic rings. The van der Waals surface area contributed by atoms with E-state index in [1.807, 2.05) is 13.8 Å². The number of amides is 4. The highest BCUT2D eigenvalue weighted by molar-refractivity contribution is 8.00. The Morgan fingerprint density at radius 3 is 2.52 bits per heavy atom. The van der Waals surface area contributed by atoms with Crippen LogP contribution in [-0.2, 0) is 19.2 Å². The van der Waals surface area contributed by atoms with Gasteiger partial charge in [0.15, 0.2) is 0 Å². The van der Waals surface area contributed by atoms with Crippen LogP contribution in [0.4, 0.5) is 0 Å². The van der Waals surface area contributed by atoms with Crippen LogP contribution in [0.15, 0.2) is 0 Å². The molecule has 1 saturated heterocycles. The van der Waals surface area contributed by atoms with Gasteiger partial charge in [-0.3, -0.25) is 24.1 Å². The lowest BCUT2D eigenvalue weighted by Gasteiger charge is -2.14. The summed E-state index contributed by atoms with van der Waals surface area (Å²) in [5, 5.41) is 5.00. The summed E-state index contributed by atoms with van der Waals surface area (Å²) in [6, 6.07) is 0.144. The SMILES string of the molecule is CNC(=O)CCSC1CC(=O)N(CCCCCC(=O)NC(C)C)C1=O. The summed E-state index contributed by atoms with van der Waals surface area (Å²) < 4.78 is 0. The molecule has 0 bridgehead atoms. The van der Waals surface area contributed by atoms with E-state index in [0.29, 0.717) is 31.6 Å². The molecule has 0 spiro atoms. The maximum atomic E-state index is 12.3. The lowest BCUT2D eigenvalue weighted by molar-refractivity contribution is -0.138. The molecule has 142 valence electrons. The van der Waals surface area contributed by atoms with Gasteiger partial charge < -0.3 is 10.6 Å². The molecule has 2 N–H and O–H groups in total. The molecule has 0 aromatic heterocycles. The Labute approximate surface area is 153 Å². The summed E-state index contributed by atoms with van der Waals surface area (Å²) in [7, 11) is 1.57. The van der Waals surface area contributed by atoms with Crippen LogP contribution >= 0.6 is 11.8 Å². The number of imide groups is 1. The Morgan fingerprint density at radius 2 is 1.88 bits per heavy atom. The first kappa shape index (κ1) is 21.5. The predicted molar refractivity (Wildman–Crippen MR) is 98.0 cm³/mol. The Balaban J connectivity index is 2.23. The smallest absolute Gasteiger partial charge is 0.242 e. The second-order valence-electron chi connectivity index (χ2n) is 6.40. The fraction of sp³-hybridized carbons (Fsp3) is 0.765. The number of nitrogens with one attached hydrogen (secondary N) is 2. The number of carbonyl (C=O) groups is 4. The van der Waals surface area contributed by atoms with Gasteiger partial charge in [-0.25, -0.2) is 0 Å². The minimum absolute atomic E-state index is 0.0379. The van der Waals surface area contributed by atoms with E-state index in [0.717, 1.165) is 12.8 Å². The number of likely N-dealkylation sites (tertiary alicyclic amines) is 1. The molecule has 0 aliphatic carbocycles. The van der Waals surface area contributed by atoms with Gasteiger partial charge in [-0.1, -0.05) is 6.42 Å². The number of hydrogen-bond acceptors (Lipinski definition) is 5. The van der Waals surface area contributed by atoms with E-state index in [1.165, 1.54) is 16.7 Å². The molecule has 1 atom stereocenters. The van der Waals surface area contributed by atoms with Crippen molar-refractivity contribution in [2.24, 2.45) is 0 Å². The monoisotopic (exact) mass is 371 g/mol. The number of rotatable bonds is 11. The van der Waals surface area contributed by atoms with E-state index in [4.69, 9.17) is 0 Å². The largest absolute Gasteiger partial charge is 0.359 e. The molecule has 1 heterocycles. The minimum atomic E-state index is -0.367. The van der Waals surface area contributed by atoms with Crippen molar-refractivity contribution in [1.82, 2.24) is 15.5 Å². The fourth-order valence-electron chi connectivity index (χ4n) is 2.56. The van der Waals surface area contributed by atoms with Gasteiger partial charge >= 0.3 is 0 Å². The van der Waals surface area contributed by atoms with Gasteiger partial charge in [-0.15, -0.1) is 11.8 Å². The number of nitrogens with zero attached hydrogens (tertiary/aromatic N) is 1. The van der Waals surface area contributed by atoms with Gasteiger partial charge in [0.1, 0.15) is 0 Å². The molecular weight excluding hydrogens is 342 g/mol. The average molecular weight is 372 g/mol. The van der Waals surface area contributed by atoms with Gasteiger partial charge in [0.2, 0.25) is 23.6 Å². The van der Waals surface area contributed by atoms with Crippen molar-refractivity contribution in [3.63, 3.8) is 0 Å². The number of thioether (sulfide) groups is 1. The van der Waals surface area contributed by atoms with E-state index >= 15 is 0 Å². The van der Waals surface area contributed by atoms with Crippen molar-refractivity contribution in [2.75, 3.05) is 19.3 Å². The summed E-state index contributed by atoms with van der Waals surface area (Å²) in [5.41, 5.74) is 0. The zero-order chi connectivity index (χ0) is 18.8. The summed E-state index contributed by atoms with van der Waals surface area (Å²) in [4.78, 5) is 48.3. The third-order valence-corrected chi connectivity index (χ3v) is 5.08. The molecule has 1 aliphatic heterocycles. The van der Waals surface area contributed by atoms with Crippen molar-refractivity contribution in [2.45, 2.75) is 63.7 Å². The quantitative estimate of drug-likeness (QED) is 0.418. The predicted octanol–water partition coefficient (Wildman–Crippen LogP) is 1.07. The second kappa shape index (κ2) is 11.1. The molecule has 25 heavy (non-hydrogen) atoms. The zero-order valence-corrected chi connectivity index (χ0v) is 16.1. The van der Waals surface area contributed by atoms with Crippen molar-refractivity contribution in [1.29, 1.82) is 0 Å². The molecule has 1 rings (SSSR count). The molecule has 7 nitrogen and oxygen atoms in total. The topological polar surface area (TPSA) is 95.6 Å². The number of unbranched alkanes of at least 4 members (excludes halogenated alkanes) is 2. The Kier molecular flexibility index (Phi) is 9.55. The first-order chi connectivity index (χ1) is 11.8. The van der Waals surface area contributed by atoms with Crippen molar-refractivity contribution >= 4 is 35.4 Å². The zero-order valence-electron chi connectivity index (χ0n) is 15.3. The van der Waals surface area contributed by atoms with E-state index in [-0.39, 0.29) is 41.3 Å². The van der Waals surface area contributed by atoms with E-state index < -0.39 is 0 Å². The van der Waals surface area contributed by atoms with Gasteiger partial charge in [-0.2, -0.15) is 0 Å². The van der Waals surface area contributed by atoms with Crippen molar-refractivity contribution in [3.05, 3.63) is 0 Å². The van der Waals surface area contributed by atoms with Crippen LogP contribution < -0.4 is 10.6 Å². The van der Waals surface area contributed by atoms with Crippen LogP contribution in [-0.4, -0.2) is 59.2 Å². The van der Waals surface area contributed by atoms with Crippen LogP contribution in [0.1, 0.15) is 52.4 Å². The van der Waals surface area contributed by atoms with Gasteiger partial charge in [0, 0.05) is 44.6 Å². The van der Waals surface area contributed by atoms with Crippen LogP contribution in [0, 0.1) is 0 Å². The fourth-order valence-corrected chi connectivity index (χ4v) is 3.68. The summed E-state index contributed by atoms with van der Waals surface area (Å²) in [5.74, 6) is 0.213. The van der Waals surface area contributed by atoms with Crippen LogP contribution in [0.5, 0.6) is 0 Å². The molecule has 0 radical (unpaired) electrons. The molecule has 0 aromatic carbocycles. The van der Waals surface area contributed by atoms with Crippen LogP contribution in [0.25, 0.3) is 0 Å². The molecule has 1 fully saturated rings. The second-order valence-corrected chi connectivity index (χ2v) is 7.71. The average Bonchev–Trinajstić information content (AvgIpc) is 2.81. The minimum Gasteiger partial charge on any atom is -0.359 e. The number of hydrogen-bond donors (Lipinski definition) is 2. The normalized spacial score (nSPS) is 17.3. The molecule has 0 aromatic rings. The van der Waals surface area contributed by atoms with Gasteiger partial charge in [0.25, 0.3) is 0 Å². The van der Waals surface area contributed by atoms with E-state index in [9.17, 15) is 19.2 Å². The van der Waals surface area contributed by atoms with Gasteiger partial charge in [0.05, 0.1) is 5.25 Å². The van der Waals surface area contributed by atoms with Crippen molar-refractivity contribution in [3.8, 4) is 0 Å². The van der Waals surface area contributed by atoms with Crippen LogP contribution in [0.3, 0.4) is 0 Å². The summed E-state index contributed by atoms with van der Waals surface area (Å²) in [6.07, 6.45) is 3.29. The maximum Gasteiger partial charge on any atom is 0.242 e. The van der Waals surface area contributed by atoms with E-state index in [2.05, 4.69) is 10.6 Å². The van der Waals surface area contributed by atoms with Gasteiger partial charge in [-0.05, 0) is 26.7 Å². The molecule has 4 amide bonds.